The molecule has 1 aromatic carbocycles. The monoisotopic (exact) mass is 428 g/mol. The molecule has 0 amide bonds. The standard InChI is InChI=1S/C25H34O2P2/c1-4-18-12-13-19(5-2)28(18)24-21(26)16-22(27)25(24)29-20(6-3)14-15-23(29)17-10-8-7-9-11-17/h7-11,18-20,23H,4-6,12-16H2,1-3H3/t18-,19-,20-,23+,29?/m1/s1. The van der Waals surface area contributed by atoms with Crippen LogP contribution < -0.4 is 0 Å². The lowest BCUT2D eigenvalue weighted by Crippen LogP contribution is -2.10. The Labute approximate surface area is 178 Å². The first-order valence-electron chi connectivity index (χ1n) is 11.5. The van der Waals surface area contributed by atoms with Gasteiger partial charge >= 0.3 is 0 Å². The van der Waals surface area contributed by atoms with Crippen LogP contribution in [0.5, 0.6) is 0 Å². The quantitative estimate of drug-likeness (QED) is 0.350. The van der Waals surface area contributed by atoms with Crippen LogP contribution in [-0.4, -0.2) is 28.5 Å². The summed E-state index contributed by atoms with van der Waals surface area (Å²) < 4.78 is 0. The summed E-state index contributed by atoms with van der Waals surface area (Å²) in [4.78, 5) is 26.6. The van der Waals surface area contributed by atoms with Gasteiger partial charge in [-0.2, -0.15) is 0 Å². The Morgan fingerprint density at radius 1 is 0.724 bits per heavy atom. The smallest absolute Gasteiger partial charge is 0.171 e. The third-order valence-corrected chi connectivity index (χ3v) is 14.9. The van der Waals surface area contributed by atoms with Crippen molar-refractivity contribution in [2.24, 2.45) is 0 Å². The minimum absolute atomic E-state index is 0.160. The SMILES string of the molecule is CC[C@@H]1CC[C@@H](CC)P1C1=C(P2[C@H](CC)CC[C@H]2c2ccccc2)C(=O)CC1=O. The van der Waals surface area contributed by atoms with E-state index in [1.807, 2.05) is 0 Å². The highest BCUT2D eigenvalue weighted by Gasteiger charge is 2.49. The van der Waals surface area contributed by atoms with Gasteiger partial charge in [0.05, 0.1) is 6.42 Å². The topological polar surface area (TPSA) is 34.1 Å². The van der Waals surface area contributed by atoms with Gasteiger partial charge in [-0.1, -0.05) is 66.9 Å². The number of carbonyl (C=O) groups excluding carboxylic acids is 2. The van der Waals surface area contributed by atoms with Crippen molar-refractivity contribution >= 4 is 27.4 Å². The zero-order chi connectivity index (χ0) is 20.5. The van der Waals surface area contributed by atoms with Crippen LogP contribution in [0.15, 0.2) is 41.0 Å². The molecule has 1 aliphatic carbocycles. The molecule has 1 unspecified atom stereocenters. The van der Waals surface area contributed by atoms with Crippen molar-refractivity contribution in [3.05, 3.63) is 46.5 Å². The molecular formula is C25H34O2P2. The van der Waals surface area contributed by atoms with Crippen molar-refractivity contribution in [1.82, 2.24) is 0 Å². The molecule has 2 fully saturated rings. The summed E-state index contributed by atoms with van der Waals surface area (Å²) in [5.74, 6) is 0.391. The summed E-state index contributed by atoms with van der Waals surface area (Å²) in [6.07, 6.45) is 8.44. The van der Waals surface area contributed by atoms with Crippen LogP contribution in [0.2, 0.25) is 0 Å². The average molecular weight is 428 g/mol. The predicted molar refractivity (Wildman–Crippen MR) is 125 cm³/mol. The lowest BCUT2D eigenvalue weighted by molar-refractivity contribution is -0.120. The van der Waals surface area contributed by atoms with E-state index in [0.717, 1.165) is 29.9 Å². The van der Waals surface area contributed by atoms with Crippen LogP contribution >= 0.6 is 15.8 Å². The number of Topliss-reactive ketones (excluding diaryl/α,β-unsaturated/α-hetero) is 2. The van der Waals surface area contributed by atoms with Gasteiger partial charge in [-0.3, -0.25) is 9.59 Å². The summed E-state index contributed by atoms with van der Waals surface area (Å²) in [6.45, 7) is 6.84. The van der Waals surface area contributed by atoms with Crippen molar-refractivity contribution in [1.29, 1.82) is 0 Å². The Hall–Kier alpha value is -0.840. The molecule has 156 valence electrons. The zero-order valence-electron chi connectivity index (χ0n) is 18.1. The third kappa shape index (κ3) is 3.81. The fraction of sp³-hybridized carbons (Fsp3) is 0.600. The van der Waals surface area contributed by atoms with Gasteiger partial charge in [-0.05, 0) is 67.5 Å². The van der Waals surface area contributed by atoms with Crippen molar-refractivity contribution < 1.29 is 9.59 Å². The van der Waals surface area contributed by atoms with Gasteiger partial charge in [-0.25, -0.2) is 0 Å². The number of allylic oxidation sites excluding steroid dienone is 2. The Morgan fingerprint density at radius 2 is 1.21 bits per heavy atom. The molecule has 0 radical (unpaired) electrons. The van der Waals surface area contributed by atoms with Crippen molar-refractivity contribution in [3.63, 3.8) is 0 Å². The number of hydrogen-bond donors (Lipinski definition) is 0. The first-order valence-corrected chi connectivity index (χ1v) is 14.5. The molecule has 29 heavy (non-hydrogen) atoms. The second kappa shape index (κ2) is 9.11. The molecule has 0 spiro atoms. The van der Waals surface area contributed by atoms with Gasteiger partial charge in [0.2, 0.25) is 0 Å². The summed E-state index contributed by atoms with van der Waals surface area (Å²) in [7, 11) is -1.07. The first kappa shape index (κ1) is 21.4. The summed E-state index contributed by atoms with van der Waals surface area (Å²) in [6, 6.07) is 10.8. The maximum absolute atomic E-state index is 13.3. The van der Waals surface area contributed by atoms with Crippen LogP contribution in [0, 0.1) is 0 Å². The molecule has 3 aliphatic rings. The fourth-order valence-electron chi connectivity index (χ4n) is 5.86. The van der Waals surface area contributed by atoms with E-state index in [4.69, 9.17) is 0 Å². The normalized spacial score (nSPS) is 33.3. The van der Waals surface area contributed by atoms with Crippen LogP contribution in [0.4, 0.5) is 0 Å². The summed E-state index contributed by atoms with van der Waals surface area (Å²) >= 11 is 0. The molecular weight excluding hydrogens is 394 g/mol. The Bertz CT molecular complexity index is 788. The molecule has 0 aromatic heterocycles. The zero-order valence-corrected chi connectivity index (χ0v) is 19.9. The van der Waals surface area contributed by atoms with Gasteiger partial charge in [0.1, 0.15) is 0 Å². The Kier molecular flexibility index (Phi) is 6.72. The Balaban J connectivity index is 1.83. The van der Waals surface area contributed by atoms with E-state index in [1.165, 1.54) is 31.2 Å². The maximum atomic E-state index is 13.3. The third-order valence-electron chi connectivity index (χ3n) is 7.31. The maximum Gasteiger partial charge on any atom is 0.171 e. The minimum Gasteiger partial charge on any atom is -0.294 e. The Morgan fingerprint density at radius 3 is 1.76 bits per heavy atom. The highest BCUT2D eigenvalue weighted by atomic mass is 31.1. The lowest BCUT2D eigenvalue weighted by atomic mass is 10.1. The second-order valence-electron chi connectivity index (χ2n) is 8.80. The molecule has 4 heteroatoms. The van der Waals surface area contributed by atoms with Crippen molar-refractivity contribution in [2.75, 3.05) is 0 Å². The van der Waals surface area contributed by atoms with Gasteiger partial charge in [-0.15, -0.1) is 0 Å². The number of carbonyl (C=O) groups is 2. The number of benzene rings is 1. The van der Waals surface area contributed by atoms with E-state index in [-0.39, 0.29) is 18.0 Å². The molecule has 2 nitrogen and oxygen atoms in total. The molecule has 0 bridgehead atoms. The molecule has 2 heterocycles. The van der Waals surface area contributed by atoms with Gasteiger partial charge in [0.25, 0.3) is 0 Å². The van der Waals surface area contributed by atoms with E-state index in [2.05, 4.69) is 51.1 Å². The fourth-order valence-corrected chi connectivity index (χ4v) is 13.9. The van der Waals surface area contributed by atoms with Crippen LogP contribution in [0.3, 0.4) is 0 Å². The van der Waals surface area contributed by atoms with E-state index < -0.39 is 15.8 Å². The molecule has 5 atom stereocenters. The minimum atomic E-state index is -0.594. The molecule has 2 saturated heterocycles. The lowest BCUT2D eigenvalue weighted by Gasteiger charge is -2.31. The van der Waals surface area contributed by atoms with Crippen molar-refractivity contribution in [2.45, 2.75) is 94.8 Å². The molecule has 1 aromatic rings. The van der Waals surface area contributed by atoms with Gasteiger partial charge in [0.15, 0.2) is 11.6 Å². The van der Waals surface area contributed by atoms with Crippen LogP contribution in [0.1, 0.15) is 83.4 Å². The van der Waals surface area contributed by atoms with E-state index >= 15 is 0 Å². The first-order chi connectivity index (χ1) is 14.1. The number of hydrogen-bond acceptors (Lipinski definition) is 2. The van der Waals surface area contributed by atoms with E-state index in [9.17, 15) is 9.59 Å². The summed E-state index contributed by atoms with van der Waals surface area (Å²) in [5.41, 5.74) is 3.71. The molecule has 2 aliphatic heterocycles. The predicted octanol–water partition coefficient (Wildman–Crippen LogP) is 7.37. The number of rotatable bonds is 6. The number of ketones is 2. The van der Waals surface area contributed by atoms with Gasteiger partial charge < -0.3 is 0 Å². The van der Waals surface area contributed by atoms with E-state index in [0.29, 0.717) is 22.6 Å². The van der Waals surface area contributed by atoms with Crippen molar-refractivity contribution in [3.8, 4) is 0 Å². The van der Waals surface area contributed by atoms with E-state index in [1.54, 1.807) is 0 Å². The highest BCUT2D eigenvalue weighted by molar-refractivity contribution is 7.70. The highest BCUT2D eigenvalue weighted by Crippen LogP contribution is 2.75. The average Bonchev–Trinajstić information content (AvgIpc) is 3.42. The van der Waals surface area contributed by atoms with Gasteiger partial charge in [0, 0.05) is 16.3 Å². The van der Waals surface area contributed by atoms with Crippen LogP contribution in [0.25, 0.3) is 0 Å². The summed E-state index contributed by atoms with van der Waals surface area (Å²) in [5, 5.41) is 2.14. The largest absolute Gasteiger partial charge is 0.294 e. The molecule has 4 rings (SSSR count). The van der Waals surface area contributed by atoms with Crippen LogP contribution in [-0.2, 0) is 9.59 Å². The second-order valence-corrected chi connectivity index (χ2v) is 14.1. The molecule has 0 N–H and O–H groups in total. The molecule has 0 saturated carbocycles.